The van der Waals surface area contributed by atoms with Gasteiger partial charge in [-0.05, 0) is 39.7 Å². The molecule has 3 atom stereocenters. The number of rotatable bonds is 3. The summed E-state index contributed by atoms with van der Waals surface area (Å²) >= 11 is 0. The van der Waals surface area contributed by atoms with Crippen LogP contribution in [-0.4, -0.2) is 35.1 Å². The maximum absolute atomic E-state index is 5.58. The highest BCUT2D eigenvalue weighted by Crippen LogP contribution is 2.29. The number of aromatic nitrogens is 1. The average molecular weight is 235 g/mol. The van der Waals surface area contributed by atoms with Crippen molar-refractivity contribution in [2.45, 2.75) is 51.2 Å². The first-order valence-corrected chi connectivity index (χ1v) is 6.66. The Hall–Kier alpha value is -0.870. The molecule has 0 radical (unpaired) electrons. The molecule has 0 saturated carbocycles. The molecular formula is C13H21N3O. The van der Waals surface area contributed by atoms with Crippen LogP contribution in [0.15, 0.2) is 10.6 Å². The van der Waals surface area contributed by atoms with Gasteiger partial charge in [-0.3, -0.25) is 4.90 Å². The molecule has 2 saturated heterocycles. The number of oxazole rings is 1. The third kappa shape index (κ3) is 2.11. The van der Waals surface area contributed by atoms with E-state index in [1.165, 1.54) is 32.4 Å². The minimum absolute atomic E-state index is 0.217. The molecule has 2 aliphatic rings. The third-order valence-corrected chi connectivity index (χ3v) is 4.08. The molecule has 4 heteroatoms. The van der Waals surface area contributed by atoms with E-state index in [1.54, 1.807) is 6.20 Å². The second-order valence-electron chi connectivity index (χ2n) is 5.34. The van der Waals surface area contributed by atoms with Crippen molar-refractivity contribution >= 4 is 0 Å². The lowest BCUT2D eigenvalue weighted by molar-refractivity contribution is 0.282. The minimum atomic E-state index is 0.217. The normalized spacial score (nSPS) is 30.7. The molecule has 3 heterocycles. The lowest BCUT2D eigenvalue weighted by Crippen LogP contribution is -2.40. The van der Waals surface area contributed by atoms with Crippen LogP contribution in [0.1, 0.15) is 43.9 Å². The summed E-state index contributed by atoms with van der Waals surface area (Å²) in [5, 5.41) is 3.68. The number of hydrogen-bond donors (Lipinski definition) is 1. The number of aryl methyl sites for hydroxylation is 1. The zero-order valence-electron chi connectivity index (χ0n) is 10.6. The van der Waals surface area contributed by atoms with Crippen LogP contribution in [0.5, 0.6) is 0 Å². The van der Waals surface area contributed by atoms with Crippen LogP contribution < -0.4 is 5.32 Å². The molecule has 0 aromatic carbocycles. The van der Waals surface area contributed by atoms with E-state index in [-0.39, 0.29) is 6.04 Å². The minimum Gasteiger partial charge on any atom is -0.444 e. The topological polar surface area (TPSA) is 41.3 Å². The zero-order chi connectivity index (χ0) is 11.8. The molecule has 0 bridgehead atoms. The van der Waals surface area contributed by atoms with E-state index in [9.17, 15) is 0 Å². The van der Waals surface area contributed by atoms with Crippen LogP contribution in [0.4, 0.5) is 0 Å². The monoisotopic (exact) mass is 235 g/mol. The van der Waals surface area contributed by atoms with Gasteiger partial charge in [0.2, 0.25) is 5.89 Å². The zero-order valence-corrected chi connectivity index (χ0v) is 10.6. The van der Waals surface area contributed by atoms with Crippen molar-refractivity contribution in [2.24, 2.45) is 0 Å². The fourth-order valence-corrected chi connectivity index (χ4v) is 3.24. The molecule has 3 rings (SSSR count). The predicted octanol–water partition coefficient (Wildman–Crippen LogP) is 1.87. The SMILES string of the molecule is Cc1cnc(C(C)NC2CCN3CCCC23)o1. The fraction of sp³-hybridized carbons (Fsp3) is 0.769. The molecule has 0 spiro atoms. The van der Waals surface area contributed by atoms with Crippen LogP contribution in [0.25, 0.3) is 0 Å². The van der Waals surface area contributed by atoms with Gasteiger partial charge in [0.15, 0.2) is 0 Å². The fourth-order valence-electron chi connectivity index (χ4n) is 3.24. The summed E-state index contributed by atoms with van der Waals surface area (Å²) in [5.41, 5.74) is 0. The summed E-state index contributed by atoms with van der Waals surface area (Å²) in [6, 6.07) is 1.57. The van der Waals surface area contributed by atoms with Crippen molar-refractivity contribution in [1.82, 2.24) is 15.2 Å². The maximum atomic E-state index is 5.58. The van der Waals surface area contributed by atoms with Crippen molar-refractivity contribution in [3.8, 4) is 0 Å². The van der Waals surface area contributed by atoms with Crippen molar-refractivity contribution in [1.29, 1.82) is 0 Å². The van der Waals surface area contributed by atoms with Crippen LogP contribution in [0.3, 0.4) is 0 Å². The number of fused-ring (bicyclic) bond motifs is 1. The largest absolute Gasteiger partial charge is 0.444 e. The van der Waals surface area contributed by atoms with Crippen molar-refractivity contribution in [2.75, 3.05) is 13.1 Å². The Balaban J connectivity index is 1.63. The molecule has 17 heavy (non-hydrogen) atoms. The maximum Gasteiger partial charge on any atom is 0.211 e. The molecule has 2 fully saturated rings. The average Bonchev–Trinajstić information content (AvgIpc) is 2.96. The lowest BCUT2D eigenvalue weighted by atomic mass is 10.1. The van der Waals surface area contributed by atoms with Crippen LogP contribution >= 0.6 is 0 Å². The Bertz CT molecular complexity index is 390. The highest BCUT2D eigenvalue weighted by Gasteiger charge is 2.37. The van der Waals surface area contributed by atoms with Gasteiger partial charge in [0.05, 0.1) is 12.2 Å². The molecule has 0 amide bonds. The molecule has 1 N–H and O–H groups in total. The quantitative estimate of drug-likeness (QED) is 0.868. The van der Waals surface area contributed by atoms with Crippen molar-refractivity contribution in [3.05, 3.63) is 17.8 Å². The van der Waals surface area contributed by atoms with E-state index in [4.69, 9.17) is 4.42 Å². The Morgan fingerprint density at radius 1 is 1.47 bits per heavy atom. The van der Waals surface area contributed by atoms with Gasteiger partial charge in [0.25, 0.3) is 0 Å². The smallest absolute Gasteiger partial charge is 0.211 e. The van der Waals surface area contributed by atoms with E-state index in [1.807, 2.05) is 6.92 Å². The summed E-state index contributed by atoms with van der Waals surface area (Å²) in [6.45, 7) is 6.62. The summed E-state index contributed by atoms with van der Waals surface area (Å²) in [6.07, 6.45) is 5.75. The summed E-state index contributed by atoms with van der Waals surface area (Å²) < 4.78 is 5.58. The molecule has 2 aliphatic heterocycles. The van der Waals surface area contributed by atoms with Gasteiger partial charge in [-0.1, -0.05) is 0 Å². The molecular weight excluding hydrogens is 214 g/mol. The van der Waals surface area contributed by atoms with Gasteiger partial charge in [-0.15, -0.1) is 0 Å². The van der Waals surface area contributed by atoms with Crippen molar-refractivity contribution < 1.29 is 4.42 Å². The number of nitrogens with zero attached hydrogens (tertiary/aromatic N) is 2. The van der Waals surface area contributed by atoms with E-state index in [2.05, 4.69) is 22.1 Å². The molecule has 94 valence electrons. The second-order valence-corrected chi connectivity index (χ2v) is 5.34. The van der Waals surface area contributed by atoms with Crippen LogP contribution in [0.2, 0.25) is 0 Å². The highest BCUT2D eigenvalue weighted by molar-refractivity contribution is 5.00. The molecule has 1 aromatic heterocycles. The highest BCUT2D eigenvalue weighted by atomic mass is 16.4. The van der Waals surface area contributed by atoms with Crippen LogP contribution in [0, 0.1) is 6.92 Å². The Morgan fingerprint density at radius 2 is 2.35 bits per heavy atom. The Morgan fingerprint density at radius 3 is 3.12 bits per heavy atom. The predicted molar refractivity (Wildman–Crippen MR) is 65.8 cm³/mol. The van der Waals surface area contributed by atoms with E-state index in [0.29, 0.717) is 6.04 Å². The molecule has 0 aliphatic carbocycles. The first-order valence-electron chi connectivity index (χ1n) is 6.66. The van der Waals surface area contributed by atoms with Gasteiger partial charge in [-0.2, -0.15) is 0 Å². The molecule has 1 aromatic rings. The van der Waals surface area contributed by atoms with E-state index in [0.717, 1.165) is 17.7 Å². The summed E-state index contributed by atoms with van der Waals surface area (Å²) in [5.74, 6) is 1.71. The summed E-state index contributed by atoms with van der Waals surface area (Å²) in [4.78, 5) is 6.92. The van der Waals surface area contributed by atoms with Crippen LogP contribution in [-0.2, 0) is 0 Å². The van der Waals surface area contributed by atoms with Gasteiger partial charge in [-0.25, -0.2) is 4.98 Å². The standard InChI is InChI=1S/C13H21N3O/c1-9-8-14-13(17-9)10(2)15-11-5-7-16-6-3-4-12(11)16/h8,10-12,15H,3-7H2,1-2H3. The second kappa shape index (κ2) is 4.42. The third-order valence-electron chi connectivity index (χ3n) is 4.08. The Labute approximate surface area is 102 Å². The van der Waals surface area contributed by atoms with Gasteiger partial charge < -0.3 is 9.73 Å². The first kappa shape index (κ1) is 11.2. The van der Waals surface area contributed by atoms with E-state index >= 15 is 0 Å². The van der Waals surface area contributed by atoms with Crippen molar-refractivity contribution in [3.63, 3.8) is 0 Å². The van der Waals surface area contributed by atoms with E-state index < -0.39 is 0 Å². The number of nitrogens with one attached hydrogen (secondary N) is 1. The van der Waals surface area contributed by atoms with Gasteiger partial charge in [0.1, 0.15) is 5.76 Å². The molecule has 4 nitrogen and oxygen atoms in total. The Kier molecular flexibility index (Phi) is 2.92. The van der Waals surface area contributed by atoms with Gasteiger partial charge >= 0.3 is 0 Å². The molecule has 3 unspecified atom stereocenters. The van der Waals surface area contributed by atoms with Gasteiger partial charge in [0, 0.05) is 18.6 Å². The first-order chi connectivity index (χ1) is 8.24. The lowest BCUT2D eigenvalue weighted by Gasteiger charge is -2.23. The summed E-state index contributed by atoms with van der Waals surface area (Å²) in [7, 11) is 0. The number of hydrogen-bond acceptors (Lipinski definition) is 4.